The van der Waals surface area contributed by atoms with E-state index in [0.29, 0.717) is 16.8 Å². The lowest BCUT2D eigenvalue weighted by Gasteiger charge is -2.41. The number of hydrogen-bond acceptors (Lipinski definition) is 3. The summed E-state index contributed by atoms with van der Waals surface area (Å²) in [5.41, 5.74) is -0.257. The van der Waals surface area contributed by atoms with E-state index in [9.17, 15) is 24.6 Å². The SMILES string of the molecule is CCC1(C(C(=O)O)C(=O)O)c2ccccc2C(=O)N1c1ccccc1. The van der Waals surface area contributed by atoms with Crippen molar-refractivity contribution < 1.29 is 24.6 Å². The Labute approximate surface area is 144 Å². The molecule has 0 aromatic heterocycles. The Morgan fingerprint density at radius 3 is 2.12 bits per heavy atom. The fourth-order valence-corrected chi connectivity index (χ4v) is 3.75. The Morgan fingerprint density at radius 2 is 1.56 bits per heavy atom. The second kappa shape index (κ2) is 6.05. The Morgan fingerprint density at radius 1 is 1.00 bits per heavy atom. The zero-order chi connectivity index (χ0) is 18.2. The average molecular weight is 339 g/mol. The standard InChI is InChI=1S/C19H17NO5/c1-2-19(15(17(22)23)18(24)25)14-11-7-6-10-13(14)16(21)20(19)12-8-4-3-5-9-12/h3-11,15H,2H2,1H3,(H,22,23)(H,24,25). The van der Waals surface area contributed by atoms with Crippen molar-refractivity contribution in [2.75, 3.05) is 4.90 Å². The number of fused-ring (bicyclic) bond motifs is 1. The van der Waals surface area contributed by atoms with Crippen molar-refractivity contribution >= 4 is 23.5 Å². The molecule has 1 heterocycles. The van der Waals surface area contributed by atoms with E-state index in [0.717, 1.165) is 0 Å². The van der Waals surface area contributed by atoms with E-state index in [4.69, 9.17) is 0 Å². The summed E-state index contributed by atoms with van der Waals surface area (Å²) in [5.74, 6) is -5.12. The van der Waals surface area contributed by atoms with Crippen molar-refractivity contribution in [3.8, 4) is 0 Å². The molecule has 1 unspecified atom stereocenters. The fourth-order valence-electron chi connectivity index (χ4n) is 3.75. The van der Waals surface area contributed by atoms with E-state index in [1.165, 1.54) is 4.90 Å². The Balaban J connectivity index is 2.36. The summed E-state index contributed by atoms with van der Waals surface area (Å²) >= 11 is 0. The van der Waals surface area contributed by atoms with Crippen LogP contribution in [0.5, 0.6) is 0 Å². The van der Waals surface area contributed by atoms with Crippen LogP contribution in [-0.4, -0.2) is 28.1 Å². The first-order valence-electron chi connectivity index (χ1n) is 7.90. The molecule has 3 rings (SSSR count). The first-order chi connectivity index (χ1) is 11.9. The number of carboxylic acid groups (broad SMARTS) is 2. The summed E-state index contributed by atoms with van der Waals surface area (Å²) < 4.78 is 0. The molecule has 0 spiro atoms. The maximum absolute atomic E-state index is 13.1. The molecular formula is C19H17NO5. The van der Waals surface area contributed by atoms with Gasteiger partial charge in [-0.15, -0.1) is 0 Å². The third-order valence-electron chi connectivity index (χ3n) is 4.75. The quantitative estimate of drug-likeness (QED) is 0.817. The summed E-state index contributed by atoms with van der Waals surface area (Å²) in [4.78, 5) is 38.1. The lowest BCUT2D eigenvalue weighted by Crippen LogP contribution is -2.54. The van der Waals surface area contributed by atoms with Crippen molar-refractivity contribution in [2.45, 2.75) is 18.9 Å². The number of carbonyl (C=O) groups is 3. The normalized spacial score (nSPS) is 19.1. The van der Waals surface area contributed by atoms with Gasteiger partial charge in [0.1, 0.15) is 0 Å². The van der Waals surface area contributed by atoms with Gasteiger partial charge in [0.2, 0.25) is 0 Å². The number of carboxylic acids is 2. The van der Waals surface area contributed by atoms with Crippen molar-refractivity contribution in [2.24, 2.45) is 5.92 Å². The largest absolute Gasteiger partial charge is 0.481 e. The van der Waals surface area contributed by atoms with Crippen molar-refractivity contribution in [1.29, 1.82) is 0 Å². The van der Waals surface area contributed by atoms with Gasteiger partial charge < -0.3 is 10.2 Å². The van der Waals surface area contributed by atoms with Crippen LogP contribution in [0, 0.1) is 5.92 Å². The lowest BCUT2D eigenvalue weighted by molar-refractivity contribution is -0.158. The van der Waals surface area contributed by atoms with Crippen LogP contribution in [-0.2, 0) is 15.1 Å². The van der Waals surface area contributed by atoms with Crippen LogP contribution in [0.2, 0.25) is 0 Å². The molecule has 6 nitrogen and oxygen atoms in total. The van der Waals surface area contributed by atoms with Gasteiger partial charge in [-0.05, 0) is 30.2 Å². The van der Waals surface area contributed by atoms with E-state index in [2.05, 4.69) is 0 Å². The molecular weight excluding hydrogens is 322 g/mol. The molecule has 2 aromatic rings. The number of amides is 1. The first kappa shape index (κ1) is 16.7. The molecule has 0 saturated heterocycles. The fraction of sp³-hybridized carbons (Fsp3) is 0.211. The van der Waals surface area contributed by atoms with Gasteiger partial charge in [0.25, 0.3) is 5.91 Å². The number of aliphatic carboxylic acids is 2. The number of nitrogens with zero attached hydrogens (tertiary/aromatic N) is 1. The van der Waals surface area contributed by atoms with Crippen LogP contribution in [0.1, 0.15) is 29.3 Å². The van der Waals surface area contributed by atoms with Crippen molar-refractivity contribution in [1.82, 2.24) is 0 Å². The predicted octanol–water partition coefficient (Wildman–Crippen LogP) is 2.74. The van der Waals surface area contributed by atoms with Crippen LogP contribution in [0.15, 0.2) is 54.6 Å². The minimum Gasteiger partial charge on any atom is -0.481 e. The molecule has 1 aliphatic heterocycles. The van der Waals surface area contributed by atoms with E-state index in [1.54, 1.807) is 61.5 Å². The third-order valence-corrected chi connectivity index (χ3v) is 4.75. The molecule has 1 atom stereocenters. The molecule has 6 heteroatoms. The van der Waals surface area contributed by atoms with Gasteiger partial charge in [-0.3, -0.25) is 19.3 Å². The van der Waals surface area contributed by atoms with Gasteiger partial charge in [0.05, 0.1) is 5.54 Å². The molecule has 1 aliphatic rings. The van der Waals surface area contributed by atoms with Crippen LogP contribution < -0.4 is 4.90 Å². The van der Waals surface area contributed by atoms with Crippen molar-refractivity contribution in [3.63, 3.8) is 0 Å². The monoisotopic (exact) mass is 339 g/mol. The number of benzene rings is 2. The molecule has 0 radical (unpaired) electrons. The minimum atomic E-state index is -1.79. The second-order valence-corrected chi connectivity index (χ2v) is 5.91. The van der Waals surface area contributed by atoms with Crippen LogP contribution in [0.25, 0.3) is 0 Å². The zero-order valence-electron chi connectivity index (χ0n) is 13.5. The van der Waals surface area contributed by atoms with Gasteiger partial charge >= 0.3 is 11.9 Å². The summed E-state index contributed by atoms with van der Waals surface area (Å²) in [6, 6.07) is 15.2. The Kier molecular flexibility index (Phi) is 4.04. The molecule has 2 N–H and O–H groups in total. The second-order valence-electron chi connectivity index (χ2n) is 5.91. The topological polar surface area (TPSA) is 94.9 Å². The van der Waals surface area contributed by atoms with E-state index in [1.807, 2.05) is 0 Å². The van der Waals surface area contributed by atoms with Crippen molar-refractivity contribution in [3.05, 3.63) is 65.7 Å². The molecule has 1 amide bonds. The summed E-state index contributed by atoms with van der Waals surface area (Å²) in [7, 11) is 0. The molecule has 25 heavy (non-hydrogen) atoms. The number of para-hydroxylation sites is 1. The van der Waals surface area contributed by atoms with Crippen LogP contribution in [0.4, 0.5) is 5.69 Å². The van der Waals surface area contributed by atoms with Crippen LogP contribution >= 0.6 is 0 Å². The van der Waals surface area contributed by atoms with Gasteiger partial charge in [0.15, 0.2) is 5.92 Å². The maximum atomic E-state index is 13.1. The first-order valence-corrected chi connectivity index (χ1v) is 7.90. The maximum Gasteiger partial charge on any atom is 0.320 e. The third kappa shape index (κ3) is 2.29. The minimum absolute atomic E-state index is 0.147. The number of carbonyl (C=O) groups excluding carboxylic acids is 1. The highest BCUT2D eigenvalue weighted by molar-refractivity contribution is 6.14. The Bertz CT molecular complexity index is 834. The number of hydrogen-bond donors (Lipinski definition) is 2. The summed E-state index contributed by atoms with van der Waals surface area (Å²) in [6.45, 7) is 1.70. The highest BCUT2D eigenvalue weighted by Crippen LogP contribution is 2.49. The highest BCUT2D eigenvalue weighted by Gasteiger charge is 2.59. The molecule has 128 valence electrons. The van der Waals surface area contributed by atoms with Gasteiger partial charge in [-0.25, -0.2) is 0 Å². The number of anilines is 1. The van der Waals surface area contributed by atoms with E-state index in [-0.39, 0.29) is 6.42 Å². The molecule has 0 aliphatic carbocycles. The average Bonchev–Trinajstić information content (AvgIpc) is 2.85. The molecule has 0 saturated carbocycles. The van der Waals surface area contributed by atoms with Gasteiger partial charge in [0, 0.05) is 11.3 Å². The molecule has 2 aromatic carbocycles. The highest BCUT2D eigenvalue weighted by atomic mass is 16.4. The van der Waals surface area contributed by atoms with Crippen LogP contribution in [0.3, 0.4) is 0 Å². The molecule has 0 fully saturated rings. The smallest absolute Gasteiger partial charge is 0.320 e. The summed E-state index contributed by atoms with van der Waals surface area (Å²) in [5, 5.41) is 19.3. The summed E-state index contributed by atoms with van der Waals surface area (Å²) in [6.07, 6.45) is 0.147. The number of rotatable bonds is 5. The Hall–Kier alpha value is -3.15. The van der Waals surface area contributed by atoms with Gasteiger partial charge in [-0.2, -0.15) is 0 Å². The lowest BCUT2D eigenvalue weighted by atomic mass is 9.75. The molecule has 0 bridgehead atoms. The van der Waals surface area contributed by atoms with E-state index < -0.39 is 29.3 Å². The predicted molar refractivity (Wildman–Crippen MR) is 90.4 cm³/mol. The van der Waals surface area contributed by atoms with E-state index >= 15 is 0 Å². The zero-order valence-corrected chi connectivity index (χ0v) is 13.5. The van der Waals surface area contributed by atoms with Gasteiger partial charge in [-0.1, -0.05) is 43.3 Å².